The molecule has 0 fully saturated rings. The van der Waals surface area contributed by atoms with Gasteiger partial charge in [0.2, 0.25) is 0 Å². The third-order valence-corrected chi connectivity index (χ3v) is 3.39. The number of hydrogen-bond donors (Lipinski definition) is 1. The predicted molar refractivity (Wildman–Crippen MR) is 76.0 cm³/mol. The Morgan fingerprint density at radius 3 is 2.74 bits per heavy atom. The Bertz CT molecular complexity index is 382. The molecular weight excluding hydrogens is 240 g/mol. The first-order valence-corrected chi connectivity index (χ1v) is 6.99. The first kappa shape index (κ1) is 14.1. The van der Waals surface area contributed by atoms with Crippen molar-refractivity contribution in [3.05, 3.63) is 24.3 Å². The Balaban J connectivity index is 2.07. The second-order valence-electron chi connectivity index (χ2n) is 6.16. The van der Waals surface area contributed by atoms with E-state index >= 15 is 0 Å². The highest BCUT2D eigenvalue weighted by molar-refractivity contribution is 5.69. The molecule has 19 heavy (non-hydrogen) atoms. The van der Waals surface area contributed by atoms with Crippen molar-refractivity contribution >= 4 is 6.09 Å². The lowest BCUT2D eigenvalue weighted by atomic mass is 9.91. The third kappa shape index (κ3) is 3.83. The van der Waals surface area contributed by atoms with E-state index in [-0.39, 0.29) is 12.1 Å². The summed E-state index contributed by atoms with van der Waals surface area (Å²) in [6.07, 6.45) is 9.25. The molecule has 1 N–H and O–H groups in total. The molecule has 2 rings (SSSR count). The topological polar surface area (TPSA) is 41.6 Å². The normalized spacial score (nSPS) is 27.4. The first-order chi connectivity index (χ1) is 8.97. The van der Waals surface area contributed by atoms with Gasteiger partial charge < -0.3 is 15.0 Å². The van der Waals surface area contributed by atoms with Crippen LogP contribution in [0.25, 0.3) is 0 Å². The number of ether oxygens (including phenoxy) is 1. The zero-order valence-electron chi connectivity index (χ0n) is 12.1. The molecule has 2 atom stereocenters. The minimum absolute atomic E-state index is 0.198. The molecule has 0 saturated heterocycles. The summed E-state index contributed by atoms with van der Waals surface area (Å²) in [4.78, 5) is 14.1. The van der Waals surface area contributed by atoms with Crippen LogP contribution in [0.5, 0.6) is 0 Å². The zero-order chi connectivity index (χ0) is 13.9. The lowest BCUT2D eigenvalue weighted by Gasteiger charge is -2.38. The van der Waals surface area contributed by atoms with Gasteiger partial charge in [-0.25, -0.2) is 4.79 Å². The summed E-state index contributed by atoms with van der Waals surface area (Å²) in [5.74, 6) is 0.367. The van der Waals surface area contributed by atoms with Gasteiger partial charge in [0.1, 0.15) is 5.60 Å². The molecule has 1 amide bonds. The maximum atomic E-state index is 12.3. The molecule has 0 radical (unpaired) electrons. The standard InChI is InChI=1S/C15H24N2O2/c1-15(2,3)19-14(18)17-10-5-4-8-13(17)12-7-6-9-16-11-12/h4-7,12-13,16H,8-11H2,1-3H3/t12-,13+/m0/s1. The molecule has 4 heteroatoms. The SMILES string of the molecule is CC(C)(C)OC(=O)N1CC=CC[C@@H]1[C@H]1C=CCNC1. The Kier molecular flexibility index (Phi) is 4.30. The summed E-state index contributed by atoms with van der Waals surface area (Å²) < 4.78 is 5.51. The Morgan fingerprint density at radius 2 is 2.11 bits per heavy atom. The van der Waals surface area contributed by atoms with Crippen LogP contribution >= 0.6 is 0 Å². The van der Waals surface area contributed by atoms with E-state index in [4.69, 9.17) is 4.74 Å². The third-order valence-electron chi connectivity index (χ3n) is 3.39. The largest absolute Gasteiger partial charge is 0.444 e. The van der Waals surface area contributed by atoms with Crippen LogP contribution in [0.1, 0.15) is 27.2 Å². The molecule has 106 valence electrons. The van der Waals surface area contributed by atoms with Crippen LogP contribution in [-0.2, 0) is 4.74 Å². The van der Waals surface area contributed by atoms with Crippen molar-refractivity contribution in [2.75, 3.05) is 19.6 Å². The smallest absolute Gasteiger partial charge is 0.410 e. The summed E-state index contributed by atoms with van der Waals surface area (Å²) in [7, 11) is 0. The van der Waals surface area contributed by atoms with E-state index in [0.717, 1.165) is 19.5 Å². The van der Waals surface area contributed by atoms with Gasteiger partial charge >= 0.3 is 6.09 Å². The van der Waals surface area contributed by atoms with Gasteiger partial charge in [-0.05, 0) is 27.2 Å². The monoisotopic (exact) mass is 264 g/mol. The molecule has 0 aliphatic carbocycles. The van der Waals surface area contributed by atoms with Gasteiger partial charge in [0.05, 0.1) is 0 Å². The van der Waals surface area contributed by atoms with Gasteiger partial charge in [-0.3, -0.25) is 0 Å². The fourth-order valence-electron chi connectivity index (χ4n) is 2.53. The predicted octanol–water partition coefficient (Wildman–Crippen LogP) is 2.33. The fourth-order valence-corrected chi connectivity index (χ4v) is 2.53. The minimum atomic E-state index is -0.441. The number of nitrogens with zero attached hydrogens (tertiary/aromatic N) is 1. The highest BCUT2D eigenvalue weighted by Crippen LogP contribution is 2.24. The van der Waals surface area contributed by atoms with Crippen LogP contribution in [0.15, 0.2) is 24.3 Å². The van der Waals surface area contributed by atoms with E-state index in [9.17, 15) is 4.79 Å². The summed E-state index contributed by atoms with van der Waals surface area (Å²) in [6, 6.07) is 0.198. The first-order valence-electron chi connectivity index (χ1n) is 6.99. The van der Waals surface area contributed by atoms with Gasteiger partial charge in [-0.15, -0.1) is 0 Å². The molecule has 2 aliphatic heterocycles. The fraction of sp³-hybridized carbons (Fsp3) is 0.667. The average Bonchev–Trinajstić information content (AvgIpc) is 2.38. The minimum Gasteiger partial charge on any atom is -0.444 e. The summed E-state index contributed by atoms with van der Waals surface area (Å²) >= 11 is 0. The zero-order valence-corrected chi connectivity index (χ0v) is 12.1. The number of carbonyl (C=O) groups is 1. The molecule has 2 aliphatic rings. The van der Waals surface area contributed by atoms with Crippen molar-refractivity contribution < 1.29 is 9.53 Å². The van der Waals surface area contributed by atoms with Crippen LogP contribution < -0.4 is 5.32 Å². The second-order valence-corrected chi connectivity index (χ2v) is 6.16. The van der Waals surface area contributed by atoms with E-state index in [0.29, 0.717) is 12.5 Å². The Labute approximate surface area is 115 Å². The van der Waals surface area contributed by atoms with Gasteiger partial charge in [0.25, 0.3) is 0 Å². The molecule has 0 bridgehead atoms. The number of rotatable bonds is 1. The van der Waals surface area contributed by atoms with Crippen LogP contribution in [0.4, 0.5) is 4.79 Å². The van der Waals surface area contributed by atoms with Gasteiger partial charge in [-0.2, -0.15) is 0 Å². The van der Waals surface area contributed by atoms with Gasteiger partial charge in [-0.1, -0.05) is 24.3 Å². The Hall–Kier alpha value is -1.29. The van der Waals surface area contributed by atoms with E-state index < -0.39 is 5.60 Å². The Morgan fingerprint density at radius 1 is 1.32 bits per heavy atom. The maximum absolute atomic E-state index is 12.3. The highest BCUT2D eigenvalue weighted by atomic mass is 16.6. The van der Waals surface area contributed by atoms with E-state index in [1.807, 2.05) is 31.7 Å². The lowest BCUT2D eigenvalue weighted by molar-refractivity contribution is 0.0136. The van der Waals surface area contributed by atoms with Crippen molar-refractivity contribution in [2.24, 2.45) is 5.92 Å². The summed E-state index contributed by atoms with van der Waals surface area (Å²) in [6.45, 7) is 8.20. The van der Waals surface area contributed by atoms with E-state index in [2.05, 4.69) is 23.5 Å². The number of hydrogen-bond acceptors (Lipinski definition) is 3. The number of amides is 1. The van der Waals surface area contributed by atoms with Crippen molar-refractivity contribution in [1.82, 2.24) is 10.2 Å². The molecular formula is C15H24N2O2. The molecule has 0 aromatic heterocycles. The second kappa shape index (κ2) is 5.78. The van der Waals surface area contributed by atoms with Crippen LogP contribution in [0.3, 0.4) is 0 Å². The molecule has 0 aromatic carbocycles. The molecule has 2 heterocycles. The number of nitrogens with one attached hydrogen (secondary N) is 1. The quantitative estimate of drug-likeness (QED) is 0.739. The van der Waals surface area contributed by atoms with E-state index in [1.54, 1.807) is 0 Å². The van der Waals surface area contributed by atoms with Crippen molar-refractivity contribution in [2.45, 2.75) is 38.8 Å². The van der Waals surface area contributed by atoms with Crippen molar-refractivity contribution in [1.29, 1.82) is 0 Å². The van der Waals surface area contributed by atoms with Crippen molar-refractivity contribution in [3.63, 3.8) is 0 Å². The average molecular weight is 264 g/mol. The van der Waals surface area contributed by atoms with Crippen molar-refractivity contribution in [3.8, 4) is 0 Å². The molecule has 0 aromatic rings. The molecule has 4 nitrogen and oxygen atoms in total. The molecule has 0 saturated carbocycles. The highest BCUT2D eigenvalue weighted by Gasteiger charge is 2.33. The van der Waals surface area contributed by atoms with Crippen LogP contribution in [0, 0.1) is 5.92 Å². The van der Waals surface area contributed by atoms with Gasteiger partial charge in [0, 0.05) is 31.6 Å². The van der Waals surface area contributed by atoms with E-state index in [1.165, 1.54) is 0 Å². The molecule has 0 spiro atoms. The number of carbonyl (C=O) groups excluding carboxylic acids is 1. The molecule has 0 unspecified atom stereocenters. The lowest BCUT2D eigenvalue weighted by Crippen LogP contribution is -2.50. The van der Waals surface area contributed by atoms with Crippen LogP contribution in [-0.4, -0.2) is 42.3 Å². The summed E-state index contributed by atoms with van der Waals surface area (Å²) in [5, 5.41) is 3.35. The summed E-state index contributed by atoms with van der Waals surface area (Å²) in [5.41, 5.74) is -0.441. The van der Waals surface area contributed by atoms with Gasteiger partial charge in [0.15, 0.2) is 0 Å². The van der Waals surface area contributed by atoms with Crippen LogP contribution in [0.2, 0.25) is 0 Å². The maximum Gasteiger partial charge on any atom is 0.410 e.